The van der Waals surface area contributed by atoms with E-state index in [1.54, 1.807) is 12.1 Å². The molecular formula is C7H3Br2ClO. The molecule has 0 spiro atoms. The lowest BCUT2D eigenvalue weighted by Gasteiger charge is -1.99. The molecule has 0 aliphatic rings. The van der Waals surface area contributed by atoms with Crippen LogP contribution in [-0.2, 0) is 0 Å². The molecule has 0 aliphatic heterocycles. The van der Waals surface area contributed by atoms with Gasteiger partial charge in [0.05, 0.1) is 5.02 Å². The third kappa shape index (κ3) is 2.04. The lowest BCUT2D eigenvalue weighted by Crippen LogP contribution is -1.83. The van der Waals surface area contributed by atoms with Crippen molar-refractivity contribution in [3.8, 4) is 0 Å². The van der Waals surface area contributed by atoms with Crippen LogP contribution in [0.15, 0.2) is 21.1 Å². The molecule has 11 heavy (non-hydrogen) atoms. The quantitative estimate of drug-likeness (QED) is 0.723. The maximum atomic E-state index is 10.4. The average Bonchev–Trinajstić information content (AvgIpc) is 1.85. The van der Waals surface area contributed by atoms with Crippen molar-refractivity contribution in [2.45, 2.75) is 0 Å². The van der Waals surface area contributed by atoms with Crippen molar-refractivity contribution in [1.29, 1.82) is 0 Å². The van der Waals surface area contributed by atoms with Crippen molar-refractivity contribution in [2.75, 3.05) is 0 Å². The molecule has 0 bridgehead atoms. The van der Waals surface area contributed by atoms with Crippen LogP contribution in [-0.4, -0.2) is 6.29 Å². The summed E-state index contributed by atoms with van der Waals surface area (Å²) in [6.45, 7) is 0. The van der Waals surface area contributed by atoms with Gasteiger partial charge in [-0.05, 0) is 28.1 Å². The Morgan fingerprint density at radius 2 is 2.00 bits per heavy atom. The molecule has 0 saturated heterocycles. The highest BCUT2D eigenvalue weighted by molar-refractivity contribution is 9.11. The first kappa shape index (κ1) is 9.23. The summed E-state index contributed by atoms with van der Waals surface area (Å²) in [5.41, 5.74) is 0.481. The van der Waals surface area contributed by atoms with Gasteiger partial charge < -0.3 is 0 Å². The molecule has 1 rings (SSSR count). The van der Waals surface area contributed by atoms with E-state index in [0.717, 1.165) is 10.8 Å². The van der Waals surface area contributed by atoms with Crippen molar-refractivity contribution >= 4 is 49.7 Å². The molecule has 0 N–H and O–H groups in total. The zero-order valence-corrected chi connectivity index (χ0v) is 9.20. The first-order chi connectivity index (χ1) is 5.15. The number of rotatable bonds is 1. The van der Waals surface area contributed by atoms with Gasteiger partial charge in [-0.3, -0.25) is 4.79 Å². The highest BCUT2D eigenvalue weighted by atomic mass is 79.9. The predicted octanol–water partition coefficient (Wildman–Crippen LogP) is 3.68. The molecule has 0 heterocycles. The van der Waals surface area contributed by atoms with Gasteiger partial charge in [-0.25, -0.2) is 0 Å². The lowest BCUT2D eigenvalue weighted by molar-refractivity contribution is 0.112. The maximum Gasteiger partial charge on any atom is 0.152 e. The molecule has 0 radical (unpaired) electrons. The smallest absolute Gasteiger partial charge is 0.152 e. The molecule has 58 valence electrons. The minimum atomic E-state index is 0.446. The van der Waals surface area contributed by atoms with E-state index < -0.39 is 0 Å². The minimum Gasteiger partial charge on any atom is -0.298 e. The largest absolute Gasteiger partial charge is 0.298 e. The van der Waals surface area contributed by atoms with Gasteiger partial charge in [-0.2, -0.15) is 0 Å². The van der Waals surface area contributed by atoms with Gasteiger partial charge in [-0.15, -0.1) is 0 Å². The Hall–Kier alpha value is 0.140. The number of hydrogen-bond acceptors (Lipinski definition) is 1. The summed E-state index contributed by atoms with van der Waals surface area (Å²) in [6, 6.07) is 3.45. The molecule has 0 unspecified atom stereocenters. The standard InChI is InChI=1S/C7H3Br2ClO/c8-4-1-6(9)5(3-11)7(10)2-4/h1-3H. The molecular weight excluding hydrogens is 295 g/mol. The molecule has 1 nitrogen and oxygen atoms in total. The SMILES string of the molecule is O=Cc1c(Cl)cc(Br)cc1Br. The Bertz CT molecular complexity index is 275. The fraction of sp³-hybridized carbons (Fsp3) is 0. The number of hydrogen-bond donors (Lipinski definition) is 0. The Kier molecular flexibility index (Phi) is 3.10. The van der Waals surface area contributed by atoms with Crippen LogP contribution >= 0.6 is 43.5 Å². The van der Waals surface area contributed by atoms with Gasteiger partial charge in [0.1, 0.15) is 0 Å². The van der Waals surface area contributed by atoms with Crippen molar-refractivity contribution in [2.24, 2.45) is 0 Å². The molecule has 0 fully saturated rings. The van der Waals surface area contributed by atoms with Crippen LogP contribution in [0.1, 0.15) is 10.4 Å². The van der Waals surface area contributed by atoms with E-state index in [0.29, 0.717) is 15.1 Å². The Morgan fingerprint density at radius 3 is 2.45 bits per heavy atom. The second-order valence-corrected chi connectivity index (χ2v) is 4.08. The maximum absolute atomic E-state index is 10.4. The molecule has 0 amide bonds. The van der Waals surface area contributed by atoms with Gasteiger partial charge >= 0.3 is 0 Å². The summed E-state index contributed by atoms with van der Waals surface area (Å²) in [4.78, 5) is 10.4. The zero-order chi connectivity index (χ0) is 8.43. The molecule has 0 atom stereocenters. The summed E-state index contributed by atoms with van der Waals surface area (Å²) in [7, 11) is 0. The highest BCUT2D eigenvalue weighted by Crippen LogP contribution is 2.27. The van der Waals surface area contributed by atoms with Gasteiger partial charge in [0.15, 0.2) is 6.29 Å². The van der Waals surface area contributed by atoms with Gasteiger partial charge in [-0.1, -0.05) is 27.5 Å². The Morgan fingerprint density at radius 1 is 1.36 bits per heavy atom. The third-order valence-electron chi connectivity index (χ3n) is 1.16. The monoisotopic (exact) mass is 296 g/mol. The van der Waals surface area contributed by atoms with E-state index >= 15 is 0 Å². The summed E-state index contributed by atoms with van der Waals surface area (Å²) < 4.78 is 1.55. The molecule has 0 aromatic heterocycles. The van der Waals surface area contributed by atoms with Gasteiger partial charge in [0.2, 0.25) is 0 Å². The molecule has 1 aromatic rings. The van der Waals surface area contributed by atoms with Crippen LogP contribution in [0.5, 0.6) is 0 Å². The Labute approximate surface area is 86.0 Å². The van der Waals surface area contributed by atoms with E-state index in [2.05, 4.69) is 31.9 Å². The number of halogens is 3. The fourth-order valence-corrected chi connectivity index (χ4v) is 2.49. The first-order valence-electron chi connectivity index (χ1n) is 2.75. The van der Waals surface area contributed by atoms with E-state index in [9.17, 15) is 4.79 Å². The van der Waals surface area contributed by atoms with Crippen molar-refractivity contribution < 1.29 is 4.79 Å². The molecule has 4 heteroatoms. The van der Waals surface area contributed by atoms with Gasteiger partial charge in [0.25, 0.3) is 0 Å². The fourth-order valence-electron chi connectivity index (χ4n) is 0.666. The van der Waals surface area contributed by atoms with Crippen LogP contribution in [0.4, 0.5) is 0 Å². The van der Waals surface area contributed by atoms with E-state index in [-0.39, 0.29) is 0 Å². The number of benzene rings is 1. The second-order valence-electron chi connectivity index (χ2n) is 1.90. The number of carbonyl (C=O) groups is 1. The molecule has 0 aliphatic carbocycles. The van der Waals surface area contributed by atoms with Crippen molar-refractivity contribution in [3.05, 3.63) is 31.7 Å². The number of aldehydes is 1. The van der Waals surface area contributed by atoms with Crippen LogP contribution < -0.4 is 0 Å². The highest BCUT2D eigenvalue weighted by Gasteiger charge is 2.04. The van der Waals surface area contributed by atoms with Crippen LogP contribution in [0.2, 0.25) is 5.02 Å². The van der Waals surface area contributed by atoms with Crippen LogP contribution in [0, 0.1) is 0 Å². The normalized spacial score (nSPS) is 9.73. The summed E-state index contributed by atoms with van der Waals surface area (Å²) in [5, 5.41) is 0.446. The average molecular weight is 298 g/mol. The summed E-state index contributed by atoms with van der Waals surface area (Å²) in [6.07, 6.45) is 0.721. The van der Waals surface area contributed by atoms with Gasteiger partial charge in [0, 0.05) is 14.5 Å². The summed E-state index contributed by atoms with van der Waals surface area (Å²) >= 11 is 12.2. The van der Waals surface area contributed by atoms with Crippen LogP contribution in [0.25, 0.3) is 0 Å². The third-order valence-corrected chi connectivity index (χ3v) is 2.59. The van der Waals surface area contributed by atoms with E-state index in [1.807, 2.05) is 0 Å². The van der Waals surface area contributed by atoms with Crippen molar-refractivity contribution in [3.63, 3.8) is 0 Å². The predicted molar refractivity (Wildman–Crippen MR) is 52.2 cm³/mol. The Balaban J connectivity index is 3.36. The topological polar surface area (TPSA) is 17.1 Å². The molecule has 1 aromatic carbocycles. The first-order valence-corrected chi connectivity index (χ1v) is 4.71. The number of carbonyl (C=O) groups excluding carboxylic acids is 1. The zero-order valence-electron chi connectivity index (χ0n) is 5.27. The van der Waals surface area contributed by atoms with Crippen molar-refractivity contribution in [1.82, 2.24) is 0 Å². The lowest BCUT2D eigenvalue weighted by atomic mass is 10.2. The van der Waals surface area contributed by atoms with E-state index in [4.69, 9.17) is 11.6 Å². The summed E-state index contributed by atoms with van der Waals surface area (Å²) in [5.74, 6) is 0. The molecule has 0 saturated carbocycles. The van der Waals surface area contributed by atoms with E-state index in [1.165, 1.54) is 0 Å². The second kappa shape index (κ2) is 3.70. The minimum absolute atomic E-state index is 0.446. The van der Waals surface area contributed by atoms with Crippen LogP contribution in [0.3, 0.4) is 0 Å².